The molecule has 1 unspecified atom stereocenters. The fourth-order valence-electron chi connectivity index (χ4n) is 3.81. The Hall–Kier alpha value is -3.06. The summed E-state index contributed by atoms with van der Waals surface area (Å²) in [7, 11) is 7.93. The Morgan fingerprint density at radius 1 is 0.839 bits per heavy atom. The molecule has 2 aromatic rings. The van der Waals surface area contributed by atoms with Crippen molar-refractivity contribution >= 4 is 28.9 Å². The second-order valence-electron chi connectivity index (χ2n) is 8.35. The van der Waals surface area contributed by atoms with Crippen molar-refractivity contribution in [2.75, 3.05) is 62.9 Å². The average molecular weight is 424 g/mol. The number of nitrogens with one attached hydrogen (secondary N) is 2. The molecular weight excluding hydrogens is 390 g/mol. The first kappa shape index (κ1) is 22.6. The monoisotopic (exact) mass is 423 g/mol. The van der Waals surface area contributed by atoms with Crippen LogP contribution in [0.1, 0.15) is 24.4 Å². The van der Waals surface area contributed by atoms with Crippen LogP contribution in [-0.4, -0.2) is 64.5 Å². The van der Waals surface area contributed by atoms with Crippen molar-refractivity contribution in [1.29, 1.82) is 0 Å². The molecule has 1 saturated heterocycles. The quantitative estimate of drug-likeness (QED) is 0.671. The number of hydrogen-bond acceptors (Lipinski definition) is 5. The van der Waals surface area contributed by atoms with Crippen molar-refractivity contribution in [3.63, 3.8) is 0 Å². The van der Waals surface area contributed by atoms with Crippen LogP contribution in [0.5, 0.6) is 0 Å². The lowest BCUT2D eigenvalue weighted by molar-refractivity contribution is -0.136. The van der Waals surface area contributed by atoms with Gasteiger partial charge >= 0.3 is 11.8 Å². The Kier molecular flexibility index (Phi) is 7.52. The second-order valence-corrected chi connectivity index (χ2v) is 8.35. The predicted octanol–water partition coefficient (Wildman–Crippen LogP) is 2.71. The van der Waals surface area contributed by atoms with E-state index in [1.54, 1.807) is 12.1 Å². The Bertz CT molecular complexity index is 872. The summed E-state index contributed by atoms with van der Waals surface area (Å²) in [6, 6.07) is 15.8. The number of nitrogens with zero attached hydrogens (tertiary/aromatic N) is 3. The van der Waals surface area contributed by atoms with Crippen LogP contribution < -0.4 is 20.4 Å². The van der Waals surface area contributed by atoms with Gasteiger partial charge in [-0.15, -0.1) is 0 Å². The highest BCUT2D eigenvalue weighted by atomic mass is 16.2. The van der Waals surface area contributed by atoms with Gasteiger partial charge in [-0.2, -0.15) is 0 Å². The predicted molar refractivity (Wildman–Crippen MR) is 127 cm³/mol. The molecule has 2 amide bonds. The summed E-state index contributed by atoms with van der Waals surface area (Å²) in [5.74, 6) is -1.27. The highest BCUT2D eigenvalue weighted by Gasteiger charge is 2.25. The molecule has 0 aliphatic carbocycles. The van der Waals surface area contributed by atoms with Gasteiger partial charge < -0.3 is 20.4 Å². The van der Waals surface area contributed by atoms with Gasteiger partial charge in [-0.3, -0.25) is 14.5 Å². The summed E-state index contributed by atoms with van der Waals surface area (Å²) in [5.41, 5.74) is 3.90. The zero-order chi connectivity index (χ0) is 22.4. The van der Waals surface area contributed by atoms with E-state index in [9.17, 15) is 9.59 Å². The zero-order valence-corrected chi connectivity index (χ0v) is 18.9. The van der Waals surface area contributed by atoms with Gasteiger partial charge in [0.1, 0.15) is 0 Å². The molecule has 2 N–H and O–H groups in total. The molecule has 31 heavy (non-hydrogen) atoms. The maximum Gasteiger partial charge on any atom is 0.313 e. The standard InChI is InChI=1S/C24H33N5O2/c1-27(2)20-11-7-18(8-12-20)22(29-15-5-6-16-29)17-25-23(30)24(31)26-19-9-13-21(14-10-19)28(3)4/h7-14,22H,5-6,15-17H2,1-4H3,(H,25,30)(H,26,31). The van der Waals surface area contributed by atoms with Crippen molar-refractivity contribution < 1.29 is 9.59 Å². The molecule has 7 heteroatoms. The van der Waals surface area contributed by atoms with Gasteiger partial charge in [-0.05, 0) is 67.9 Å². The molecule has 1 atom stereocenters. The van der Waals surface area contributed by atoms with Crippen molar-refractivity contribution in [1.82, 2.24) is 10.2 Å². The Morgan fingerprint density at radius 3 is 1.87 bits per heavy atom. The van der Waals surface area contributed by atoms with Crippen LogP contribution in [0.2, 0.25) is 0 Å². The number of hydrogen-bond donors (Lipinski definition) is 2. The summed E-state index contributed by atoms with van der Waals surface area (Å²) >= 11 is 0. The van der Waals surface area contributed by atoms with Crippen LogP contribution in [0, 0.1) is 0 Å². The summed E-state index contributed by atoms with van der Waals surface area (Å²) in [4.78, 5) is 31.2. The van der Waals surface area contributed by atoms with Crippen LogP contribution in [0.25, 0.3) is 0 Å². The van der Waals surface area contributed by atoms with Crippen LogP contribution in [0.3, 0.4) is 0 Å². The van der Waals surface area contributed by atoms with Crippen LogP contribution >= 0.6 is 0 Å². The van der Waals surface area contributed by atoms with E-state index in [1.165, 1.54) is 0 Å². The van der Waals surface area contributed by atoms with Crippen molar-refractivity contribution in [3.05, 3.63) is 54.1 Å². The minimum absolute atomic E-state index is 0.0508. The number of amides is 2. The first-order valence-electron chi connectivity index (χ1n) is 10.7. The molecule has 0 spiro atoms. The first-order chi connectivity index (χ1) is 14.8. The number of anilines is 3. The van der Waals surface area contributed by atoms with Gasteiger partial charge in [-0.1, -0.05) is 12.1 Å². The van der Waals surface area contributed by atoms with Gasteiger partial charge in [0.25, 0.3) is 0 Å². The number of rotatable bonds is 7. The molecule has 2 aromatic carbocycles. The number of carbonyl (C=O) groups excluding carboxylic acids is 2. The van der Waals surface area contributed by atoms with E-state index in [-0.39, 0.29) is 6.04 Å². The topological polar surface area (TPSA) is 67.9 Å². The molecule has 1 aliphatic rings. The van der Waals surface area contributed by atoms with Crippen LogP contribution in [-0.2, 0) is 9.59 Å². The normalized spacial score (nSPS) is 14.7. The first-order valence-corrected chi connectivity index (χ1v) is 10.7. The molecule has 7 nitrogen and oxygen atoms in total. The highest BCUT2D eigenvalue weighted by Crippen LogP contribution is 2.26. The summed E-state index contributed by atoms with van der Waals surface area (Å²) < 4.78 is 0. The minimum atomic E-state index is -0.652. The third-order valence-corrected chi connectivity index (χ3v) is 5.68. The fraction of sp³-hybridized carbons (Fsp3) is 0.417. The van der Waals surface area contributed by atoms with E-state index >= 15 is 0 Å². The molecule has 3 rings (SSSR count). The van der Waals surface area contributed by atoms with E-state index in [1.807, 2.05) is 45.2 Å². The Morgan fingerprint density at radius 2 is 1.35 bits per heavy atom. The van der Waals surface area contributed by atoms with E-state index in [0.29, 0.717) is 12.2 Å². The average Bonchev–Trinajstić information content (AvgIpc) is 3.29. The van der Waals surface area contributed by atoms with E-state index in [2.05, 4.69) is 44.7 Å². The van der Waals surface area contributed by atoms with Gasteiger partial charge in [0.05, 0.1) is 6.04 Å². The maximum absolute atomic E-state index is 12.5. The molecule has 0 bridgehead atoms. The number of likely N-dealkylation sites (tertiary alicyclic amines) is 1. The van der Waals surface area contributed by atoms with Crippen molar-refractivity contribution in [2.24, 2.45) is 0 Å². The van der Waals surface area contributed by atoms with Gasteiger partial charge in [0, 0.05) is 51.8 Å². The van der Waals surface area contributed by atoms with Crippen molar-refractivity contribution in [2.45, 2.75) is 18.9 Å². The smallest absolute Gasteiger partial charge is 0.313 e. The summed E-state index contributed by atoms with van der Waals surface area (Å²) in [6.07, 6.45) is 2.31. The van der Waals surface area contributed by atoms with E-state index < -0.39 is 11.8 Å². The van der Waals surface area contributed by atoms with Gasteiger partial charge in [-0.25, -0.2) is 0 Å². The van der Waals surface area contributed by atoms with Gasteiger partial charge in [0.2, 0.25) is 0 Å². The summed E-state index contributed by atoms with van der Waals surface area (Å²) in [6.45, 7) is 2.40. The van der Waals surface area contributed by atoms with Crippen LogP contribution in [0.4, 0.5) is 17.1 Å². The molecule has 166 valence electrons. The third-order valence-electron chi connectivity index (χ3n) is 5.68. The maximum atomic E-state index is 12.5. The van der Waals surface area contributed by atoms with E-state index in [4.69, 9.17) is 0 Å². The third kappa shape index (κ3) is 5.98. The zero-order valence-electron chi connectivity index (χ0n) is 18.9. The summed E-state index contributed by atoms with van der Waals surface area (Å²) in [5, 5.41) is 5.51. The fourth-order valence-corrected chi connectivity index (χ4v) is 3.81. The van der Waals surface area contributed by atoms with E-state index in [0.717, 1.165) is 42.9 Å². The molecule has 0 radical (unpaired) electrons. The lowest BCUT2D eigenvalue weighted by Crippen LogP contribution is -2.41. The van der Waals surface area contributed by atoms with Crippen LogP contribution in [0.15, 0.2) is 48.5 Å². The molecular formula is C24H33N5O2. The Labute approximate surface area is 185 Å². The lowest BCUT2D eigenvalue weighted by atomic mass is 10.0. The molecule has 1 fully saturated rings. The van der Waals surface area contributed by atoms with Crippen molar-refractivity contribution in [3.8, 4) is 0 Å². The molecule has 1 aliphatic heterocycles. The highest BCUT2D eigenvalue weighted by molar-refractivity contribution is 6.39. The second kappa shape index (κ2) is 10.3. The number of carbonyl (C=O) groups is 2. The molecule has 0 saturated carbocycles. The lowest BCUT2D eigenvalue weighted by Gasteiger charge is -2.28. The molecule has 0 aromatic heterocycles. The Balaban J connectivity index is 1.62. The SMILES string of the molecule is CN(C)c1ccc(NC(=O)C(=O)NCC(c2ccc(N(C)C)cc2)N2CCCC2)cc1. The van der Waals surface area contributed by atoms with Gasteiger partial charge in [0.15, 0.2) is 0 Å². The minimum Gasteiger partial charge on any atom is -0.378 e. The number of benzene rings is 2. The largest absolute Gasteiger partial charge is 0.378 e. The molecule has 1 heterocycles.